The number of rotatable bonds is 9. The predicted octanol–water partition coefficient (Wildman–Crippen LogP) is 5.52. The molecule has 2 amide bonds. The first-order chi connectivity index (χ1) is 17.0. The van der Waals surface area contributed by atoms with Gasteiger partial charge >= 0.3 is 0 Å². The zero-order valence-corrected chi connectivity index (χ0v) is 21.3. The molecule has 0 aliphatic heterocycles. The van der Waals surface area contributed by atoms with E-state index >= 15 is 0 Å². The molecule has 35 heavy (non-hydrogen) atoms. The van der Waals surface area contributed by atoms with Gasteiger partial charge in [0.05, 0.1) is 20.8 Å². The highest BCUT2D eigenvalue weighted by Gasteiger charge is 2.34. The fourth-order valence-electron chi connectivity index (χ4n) is 4.56. The van der Waals surface area contributed by atoms with Gasteiger partial charge in [-0.05, 0) is 55.0 Å². The number of aryl methyl sites for hydroxylation is 1. The molecule has 0 saturated heterocycles. The number of thiophene rings is 1. The zero-order chi connectivity index (χ0) is 24.8. The van der Waals surface area contributed by atoms with Crippen molar-refractivity contribution in [3.8, 4) is 11.5 Å². The monoisotopic (exact) mass is 492 g/mol. The molecule has 1 aliphatic rings. The van der Waals surface area contributed by atoms with E-state index in [9.17, 15) is 9.59 Å². The van der Waals surface area contributed by atoms with Gasteiger partial charge in [-0.1, -0.05) is 48.7 Å². The number of hydrogen-bond acceptors (Lipinski definition) is 5. The van der Waals surface area contributed by atoms with E-state index in [0.717, 1.165) is 41.7 Å². The second kappa shape index (κ2) is 11.4. The van der Waals surface area contributed by atoms with E-state index in [-0.39, 0.29) is 17.9 Å². The molecular weight excluding hydrogens is 460 g/mol. The van der Waals surface area contributed by atoms with Gasteiger partial charge in [-0.3, -0.25) is 9.59 Å². The Bertz CT molecular complexity index is 1140. The molecule has 1 unspecified atom stereocenters. The quantitative estimate of drug-likeness (QED) is 0.427. The molecule has 2 aromatic carbocycles. The number of methoxy groups -OCH3 is 2. The fraction of sp³-hybridized carbons (Fsp3) is 0.357. The molecule has 7 heteroatoms. The van der Waals surface area contributed by atoms with Crippen molar-refractivity contribution in [3.63, 3.8) is 0 Å². The molecule has 184 valence electrons. The van der Waals surface area contributed by atoms with Gasteiger partial charge < -0.3 is 19.7 Å². The minimum atomic E-state index is -0.765. The summed E-state index contributed by atoms with van der Waals surface area (Å²) >= 11 is 1.57. The van der Waals surface area contributed by atoms with E-state index in [0.29, 0.717) is 23.6 Å². The first-order valence-corrected chi connectivity index (χ1v) is 12.8. The number of carbonyl (C=O) groups is 2. The summed E-state index contributed by atoms with van der Waals surface area (Å²) in [6, 6.07) is 16.3. The molecule has 4 rings (SSSR count). The van der Waals surface area contributed by atoms with Gasteiger partial charge in [-0.25, -0.2) is 0 Å². The minimum absolute atomic E-state index is 0.147. The van der Waals surface area contributed by atoms with Gasteiger partial charge in [-0.2, -0.15) is 0 Å². The average molecular weight is 493 g/mol. The second-order valence-corrected chi connectivity index (χ2v) is 9.92. The molecule has 1 N–H and O–H groups in total. The summed E-state index contributed by atoms with van der Waals surface area (Å²) in [5.74, 6) is 0.622. The average Bonchev–Trinajstić information content (AvgIpc) is 3.58. The van der Waals surface area contributed by atoms with Gasteiger partial charge in [-0.15, -0.1) is 11.3 Å². The van der Waals surface area contributed by atoms with Gasteiger partial charge in [0.15, 0.2) is 11.5 Å². The Balaban J connectivity index is 1.75. The van der Waals surface area contributed by atoms with Crippen LogP contribution in [0.2, 0.25) is 0 Å². The van der Waals surface area contributed by atoms with E-state index in [1.807, 2.05) is 48.7 Å². The maximum Gasteiger partial charge on any atom is 0.255 e. The Morgan fingerprint density at radius 3 is 2.37 bits per heavy atom. The molecule has 1 fully saturated rings. The Hall–Kier alpha value is -3.32. The van der Waals surface area contributed by atoms with Crippen LogP contribution in [0, 0.1) is 6.92 Å². The summed E-state index contributed by atoms with van der Waals surface area (Å²) < 4.78 is 10.8. The van der Waals surface area contributed by atoms with Crippen molar-refractivity contribution in [2.75, 3.05) is 14.2 Å². The standard InChI is InChI=1S/C28H32N2O4S/c1-19-10-12-20(13-11-19)26(27(31)29-22-7-4-5-8-22)30(18-23-9-6-16-35-23)28(32)21-14-15-24(33-2)25(17-21)34-3/h6,9-17,22,26H,4-5,7-8,18H2,1-3H3,(H,29,31). The van der Waals surface area contributed by atoms with E-state index in [4.69, 9.17) is 9.47 Å². The van der Waals surface area contributed by atoms with Crippen LogP contribution in [0.1, 0.15) is 58.1 Å². The Kier molecular flexibility index (Phi) is 8.08. The summed E-state index contributed by atoms with van der Waals surface area (Å²) in [6.45, 7) is 2.33. The van der Waals surface area contributed by atoms with Crippen molar-refractivity contribution in [3.05, 3.63) is 81.5 Å². The number of nitrogens with zero attached hydrogens (tertiary/aromatic N) is 1. The van der Waals surface area contributed by atoms with E-state index in [1.54, 1.807) is 48.7 Å². The Morgan fingerprint density at radius 2 is 1.74 bits per heavy atom. The van der Waals surface area contributed by atoms with Gasteiger partial charge in [0.2, 0.25) is 5.91 Å². The van der Waals surface area contributed by atoms with Crippen LogP contribution in [0.5, 0.6) is 11.5 Å². The van der Waals surface area contributed by atoms with Crippen molar-refractivity contribution in [1.29, 1.82) is 0 Å². The summed E-state index contributed by atoms with van der Waals surface area (Å²) in [5, 5.41) is 5.21. The highest BCUT2D eigenvalue weighted by Crippen LogP contribution is 2.32. The molecule has 1 aliphatic carbocycles. The number of ether oxygens (including phenoxy) is 2. The normalized spacial score (nSPS) is 14.4. The Morgan fingerprint density at radius 1 is 1.03 bits per heavy atom. The second-order valence-electron chi connectivity index (χ2n) is 8.89. The predicted molar refractivity (Wildman–Crippen MR) is 138 cm³/mol. The molecule has 0 radical (unpaired) electrons. The van der Waals surface area contributed by atoms with Crippen molar-refractivity contribution in [2.24, 2.45) is 0 Å². The van der Waals surface area contributed by atoms with Crippen LogP contribution in [0.15, 0.2) is 60.0 Å². The molecule has 0 bridgehead atoms. The topological polar surface area (TPSA) is 67.9 Å². The summed E-state index contributed by atoms with van der Waals surface area (Å²) in [7, 11) is 3.10. The summed E-state index contributed by atoms with van der Waals surface area (Å²) in [4.78, 5) is 30.5. The van der Waals surface area contributed by atoms with Crippen LogP contribution in [0.25, 0.3) is 0 Å². The first kappa shape index (κ1) is 24.8. The largest absolute Gasteiger partial charge is 0.493 e. The van der Waals surface area contributed by atoms with E-state index in [2.05, 4.69) is 5.32 Å². The van der Waals surface area contributed by atoms with Crippen molar-refractivity contribution >= 4 is 23.2 Å². The lowest BCUT2D eigenvalue weighted by atomic mass is 10.0. The van der Waals surface area contributed by atoms with Crippen LogP contribution >= 0.6 is 11.3 Å². The van der Waals surface area contributed by atoms with Crippen molar-refractivity contribution < 1.29 is 19.1 Å². The van der Waals surface area contributed by atoms with Crippen LogP contribution in [-0.4, -0.2) is 37.0 Å². The van der Waals surface area contributed by atoms with Gasteiger partial charge in [0, 0.05) is 16.5 Å². The van der Waals surface area contributed by atoms with Crippen LogP contribution in [0.3, 0.4) is 0 Å². The highest BCUT2D eigenvalue weighted by atomic mass is 32.1. The zero-order valence-electron chi connectivity index (χ0n) is 20.5. The van der Waals surface area contributed by atoms with E-state index < -0.39 is 6.04 Å². The smallest absolute Gasteiger partial charge is 0.255 e. The maximum atomic E-state index is 14.0. The third-order valence-electron chi connectivity index (χ3n) is 6.45. The number of benzene rings is 2. The molecule has 1 atom stereocenters. The SMILES string of the molecule is COc1ccc(C(=O)N(Cc2cccs2)C(C(=O)NC2CCCC2)c2ccc(C)cc2)cc1OC. The lowest BCUT2D eigenvalue weighted by Crippen LogP contribution is -2.45. The molecule has 6 nitrogen and oxygen atoms in total. The highest BCUT2D eigenvalue weighted by molar-refractivity contribution is 7.09. The molecule has 1 heterocycles. The lowest BCUT2D eigenvalue weighted by molar-refractivity contribution is -0.126. The number of carbonyl (C=O) groups excluding carboxylic acids is 2. The number of amides is 2. The van der Waals surface area contributed by atoms with E-state index in [1.165, 1.54) is 0 Å². The van der Waals surface area contributed by atoms with Crippen LogP contribution in [0.4, 0.5) is 0 Å². The molecule has 1 saturated carbocycles. The van der Waals surface area contributed by atoms with Crippen LogP contribution in [-0.2, 0) is 11.3 Å². The lowest BCUT2D eigenvalue weighted by Gasteiger charge is -2.32. The third kappa shape index (κ3) is 5.85. The third-order valence-corrected chi connectivity index (χ3v) is 7.31. The first-order valence-electron chi connectivity index (χ1n) is 11.9. The van der Waals surface area contributed by atoms with Gasteiger partial charge in [0.1, 0.15) is 6.04 Å². The molecule has 3 aromatic rings. The number of hydrogen-bond donors (Lipinski definition) is 1. The maximum absolute atomic E-state index is 14.0. The summed E-state index contributed by atoms with van der Waals surface area (Å²) in [5.41, 5.74) is 2.32. The van der Waals surface area contributed by atoms with Gasteiger partial charge in [0.25, 0.3) is 5.91 Å². The molecule has 0 spiro atoms. The Labute approximate surface area is 210 Å². The van der Waals surface area contributed by atoms with Crippen LogP contribution < -0.4 is 14.8 Å². The molecular formula is C28H32N2O4S. The summed E-state index contributed by atoms with van der Waals surface area (Å²) in [6.07, 6.45) is 4.18. The van der Waals surface area contributed by atoms with Crippen molar-refractivity contribution in [2.45, 2.75) is 51.2 Å². The number of nitrogens with one attached hydrogen (secondary N) is 1. The molecule has 1 aromatic heterocycles. The minimum Gasteiger partial charge on any atom is -0.493 e. The fourth-order valence-corrected chi connectivity index (χ4v) is 5.26. The van der Waals surface area contributed by atoms with Crippen molar-refractivity contribution in [1.82, 2.24) is 10.2 Å².